The number of nitrogens with one attached hydrogen (secondary N) is 2. The number of carbonyl (C=O) groups excluding carboxylic acids is 1. The van der Waals surface area contributed by atoms with Crippen molar-refractivity contribution in [1.82, 2.24) is 0 Å². The number of amides is 1. The van der Waals surface area contributed by atoms with Gasteiger partial charge in [-0.2, -0.15) is 0 Å². The van der Waals surface area contributed by atoms with Gasteiger partial charge in [0.25, 0.3) is 0 Å². The Morgan fingerprint density at radius 2 is 2.12 bits per heavy atom. The summed E-state index contributed by atoms with van der Waals surface area (Å²) in [5.74, 6) is 0.684. The molecule has 0 radical (unpaired) electrons. The minimum Gasteiger partial charge on any atom is -0.497 e. The fraction of sp³-hybridized carbons (Fsp3) is 0.417. The highest BCUT2D eigenvalue weighted by molar-refractivity contribution is 6.03. The fourth-order valence-corrected chi connectivity index (χ4v) is 1.79. The maximum absolute atomic E-state index is 11.8. The lowest BCUT2D eigenvalue weighted by atomic mass is 10.1. The Bertz CT molecular complexity index is 420. The number of rotatable bonds is 4. The lowest BCUT2D eigenvalue weighted by molar-refractivity contribution is -0.117. The van der Waals surface area contributed by atoms with Gasteiger partial charge in [0.2, 0.25) is 5.91 Å². The Balaban J connectivity index is 2.15. The largest absolute Gasteiger partial charge is 0.497 e. The Hall–Kier alpha value is -1.75. The zero-order chi connectivity index (χ0) is 12.3. The van der Waals surface area contributed by atoms with Crippen molar-refractivity contribution >= 4 is 17.3 Å². The Morgan fingerprint density at radius 1 is 1.29 bits per heavy atom. The average Bonchev–Trinajstić information content (AvgIpc) is 2.35. The van der Waals surface area contributed by atoms with Crippen molar-refractivity contribution in [2.75, 3.05) is 31.5 Å². The lowest BCUT2D eigenvalue weighted by Gasteiger charge is -2.26. The summed E-state index contributed by atoms with van der Waals surface area (Å²) >= 11 is 0. The minimum atomic E-state index is -0.240. The lowest BCUT2D eigenvalue weighted by Crippen LogP contribution is -2.39. The van der Waals surface area contributed by atoms with Crippen LogP contribution in [0.3, 0.4) is 0 Å². The Kier molecular flexibility index (Phi) is 3.49. The van der Waals surface area contributed by atoms with E-state index in [1.54, 1.807) is 20.3 Å². The molecule has 0 bridgehead atoms. The molecule has 1 unspecified atom stereocenters. The second kappa shape index (κ2) is 5.05. The molecule has 1 heterocycles. The van der Waals surface area contributed by atoms with Crippen molar-refractivity contribution in [2.45, 2.75) is 12.5 Å². The zero-order valence-corrected chi connectivity index (χ0v) is 9.95. The molecule has 0 saturated carbocycles. The van der Waals surface area contributed by atoms with E-state index >= 15 is 0 Å². The highest BCUT2D eigenvalue weighted by Gasteiger charge is 2.25. The zero-order valence-electron chi connectivity index (χ0n) is 9.95. The molecule has 17 heavy (non-hydrogen) atoms. The second-order valence-electron chi connectivity index (χ2n) is 3.88. The molecule has 5 nitrogen and oxygen atoms in total. The van der Waals surface area contributed by atoms with Crippen LogP contribution in [0.1, 0.15) is 6.42 Å². The second-order valence-corrected chi connectivity index (χ2v) is 3.88. The van der Waals surface area contributed by atoms with Crippen molar-refractivity contribution in [1.29, 1.82) is 0 Å². The molecule has 0 aliphatic carbocycles. The molecule has 92 valence electrons. The smallest absolute Gasteiger partial charge is 0.247 e. The number of fused-ring (bicyclic) bond motifs is 1. The number of hydrogen-bond acceptors (Lipinski definition) is 4. The molecular formula is C12H16N2O3. The molecule has 1 aromatic rings. The predicted molar refractivity (Wildman–Crippen MR) is 65.5 cm³/mol. The predicted octanol–water partition coefficient (Wildman–Crippen LogP) is 1.46. The normalized spacial score (nSPS) is 18.0. The summed E-state index contributed by atoms with van der Waals surface area (Å²) in [6.07, 6.45) is 0.647. The van der Waals surface area contributed by atoms with Gasteiger partial charge in [-0.15, -0.1) is 0 Å². The van der Waals surface area contributed by atoms with E-state index < -0.39 is 0 Å². The summed E-state index contributed by atoms with van der Waals surface area (Å²) < 4.78 is 10.1. The third kappa shape index (κ3) is 2.50. The molecule has 1 aliphatic rings. The van der Waals surface area contributed by atoms with Gasteiger partial charge in [0.15, 0.2) is 0 Å². The van der Waals surface area contributed by atoms with E-state index in [1.165, 1.54) is 0 Å². The first-order chi connectivity index (χ1) is 8.24. The fourth-order valence-electron chi connectivity index (χ4n) is 1.79. The molecule has 1 amide bonds. The molecule has 1 aliphatic heterocycles. The maximum atomic E-state index is 11.8. The molecule has 5 heteroatoms. The van der Waals surface area contributed by atoms with Gasteiger partial charge in [0, 0.05) is 19.8 Å². The van der Waals surface area contributed by atoms with Gasteiger partial charge >= 0.3 is 0 Å². The number of methoxy groups -OCH3 is 2. The van der Waals surface area contributed by atoms with Crippen molar-refractivity contribution in [3.8, 4) is 5.75 Å². The van der Waals surface area contributed by atoms with Crippen LogP contribution in [-0.2, 0) is 9.53 Å². The van der Waals surface area contributed by atoms with Crippen molar-refractivity contribution < 1.29 is 14.3 Å². The minimum absolute atomic E-state index is 0.0391. The molecular weight excluding hydrogens is 220 g/mol. The van der Waals surface area contributed by atoms with E-state index in [9.17, 15) is 4.79 Å². The maximum Gasteiger partial charge on any atom is 0.247 e. The van der Waals surface area contributed by atoms with Crippen LogP contribution in [0, 0.1) is 0 Å². The third-order valence-electron chi connectivity index (χ3n) is 2.74. The average molecular weight is 236 g/mol. The summed E-state index contributed by atoms with van der Waals surface area (Å²) in [4.78, 5) is 11.8. The van der Waals surface area contributed by atoms with Crippen LogP contribution in [0.15, 0.2) is 18.2 Å². The molecule has 2 N–H and O–H groups in total. The van der Waals surface area contributed by atoms with E-state index in [2.05, 4.69) is 10.6 Å². The van der Waals surface area contributed by atoms with E-state index in [0.717, 1.165) is 17.1 Å². The van der Waals surface area contributed by atoms with Crippen LogP contribution in [0.5, 0.6) is 5.75 Å². The van der Waals surface area contributed by atoms with E-state index in [1.807, 2.05) is 12.1 Å². The number of carbonyl (C=O) groups is 1. The van der Waals surface area contributed by atoms with Crippen LogP contribution in [-0.4, -0.2) is 32.8 Å². The van der Waals surface area contributed by atoms with E-state index in [0.29, 0.717) is 13.0 Å². The molecule has 0 spiro atoms. The number of ether oxygens (including phenoxy) is 2. The van der Waals surface area contributed by atoms with Crippen LogP contribution >= 0.6 is 0 Å². The quantitative estimate of drug-likeness (QED) is 0.831. The molecule has 0 aromatic heterocycles. The number of benzene rings is 1. The van der Waals surface area contributed by atoms with Gasteiger partial charge in [-0.25, -0.2) is 0 Å². The standard InChI is InChI=1S/C12H16N2O3/c1-16-6-5-10-12(15)14-11-7-8(17-2)3-4-9(11)13-10/h3-4,7,10,13H,5-6H2,1-2H3,(H,14,15). The number of hydrogen-bond donors (Lipinski definition) is 2. The topological polar surface area (TPSA) is 59.6 Å². The summed E-state index contributed by atoms with van der Waals surface area (Å²) in [6.45, 7) is 0.552. The monoisotopic (exact) mass is 236 g/mol. The molecule has 2 rings (SSSR count). The van der Waals surface area contributed by atoms with Gasteiger partial charge in [0.05, 0.1) is 18.5 Å². The highest BCUT2D eigenvalue weighted by atomic mass is 16.5. The molecule has 1 aromatic carbocycles. The molecule has 0 saturated heterocycles. The third-order valence-corrected chi connectivity index (χ3v) is 2.74. The Morgan fingerprint density at radius 3 is 2.82 bits per heavy atom. The SMILES string of the molecule is COCCC1Nc2ccc(OC)cc2NC1=O. The van der Waals surface area contributed by atoms with E-state index in [-0.39, 0.29) is 11.9 Å². The first-order valence-electron chi connectivity index (χ1n) is 5.49. The van der Waals surface area contributed by atoms with Crippen molar-refractivity contribution in [3.05, 3.63) is 18.2 Å². The first-order valence-corrected chi connectivity index (χ1v) is 5.49. The summed E-state index contributed by atoms with van der Waals surface area (Å²) in [7, 11) is 3.22. The first kappa shape index (κ1) is 11.7. The van der Waals surface area contributed by atoms with Gasteiger partial charge in [-0.1, -0.05) is 0 Å². The van der Waals surface area contributed by atoms with Crippen LogP contribution in [0.4, 0.5) is 11.4 Å². The van der Waals surface area contributed by atoms with Gasteiger partial charge in [-0.05, 0) is 18.6 Å². The molecule has 0 fully saturated rings. The van der Waals surface area contributed by atoms with E-state index in [4.69, 9.17) is 9.47 Å². The highest BCUT2D eigenvalue weighted by Crippen LogP contribution is 2.31. The number of anilines is 2. The van der Waals surface area contributed by atoms with Crippen molar-refractivity contribution in [2.24, 2.45) is 0 Å². The van der Waals surface area contributed by atoms with Crippen LogP contribution in [0.2, 0.25) is 0 Å². The van der Waals surface area contributed by atoms with Gasteiger partial charge in [-0.3, -0.25) is 4.79 Å². The van der Waals surface area contributed by atoms with Crippen LogP contribution < -0.4 is 15.4 Å². The Labute approximate surface area is 100 Å². The summed E-state index contributed by atoms with van der Waals surface area (Å²) in [5, 5.41) is 6.04. The summed E-state index contributed by atoms with van der Waals surface area (Å²) in [6, 6.07) is 5.31. The van der Waals surface area contributed by atoms with Gasteiger partial charge < -0.3 is 20.1 Å². The molecule has 1 atom stereocenters. The van der Waals surface area contributed by atoms with Crippen LogP contribution in [0.25, 0.3) is 0 Å². The summed E-state index contributed by atoms with van der Waals surface area (Å²) in [5.41, 5.74) is 1.66. The van der Waals surface area contributed by atoms with Gasteiger partial charge in [0.1, 0.15) is 11.8 Å². The van der Waals surface area contributed by atoms with Crippen molar-refractivity contribution in [3.63, 3.8) is 0 Å².